The topological polar surface area (TPSA) is 64.9 Å². The van der Waals surface area contributed by atoms with Crippen LogP contribution in [0.5, 0.6) is 0 Å². The third kappa shape index (κ3) is 5.15. The van der Waals surface area contributed by atoms with E-state index in [1.54, 1.807) is 0 Å². The smallest absolute Gasteiger partial charge is 0.263 e. The number of anilines is 1. The van der Waals surface area contributed by atoms with Crippen molar-refractivity contribution in [3.8, 4) is 6.07 Å². The molecule has 1 rings (SSSR count). The van der Waals surface area contributed by atoms with Crippen LogP contribution in [-0.2, 0) is 4.79 Å². The Morgan fingerprint density at radius 1 is 1.30 bits per heavy atom. The first-order chi connectivity index (χ1) is 9.42. The van der Waals surface area contributed by atoms with Crippen molar-refractivity contribution in [2.24, 2.45) is 5.92 Å². The fourth-order valence-corrected chi connectivity index (χ4v) is 1.75. The minimum absolute atomic E-state index is 0.0739. The van der Waals surface area contributed by atoms with Gasteiger partial charge in [-0.2, -0.15) is 5.26 Å². The maximum absolute atomic E-state index is 11.8. The molecular weight excluding hydrogens is 250 g/mol. The summed E-state index contributed by atoms with van der Waals surface area (Å²) in [5.41, 5.74) is 3.20. The van der Waals surface area contributed by atoms with Crippen molar-refractivity contribution in [2.75, 3.05) is 11.9 Å². The summed E-state index contributed by atoms with van der Waals surface area (Å²) in [6, 6.07) is 7.90. The van der Waals surface area contributed by atoms with Crippen LogP contribution in [0.2, 0.25) is 0 Å². The average Bonchev–Trinajstić information content (AvgIpc) is 2.35. The molecule has 0 fully saturated rings. The molecule has 0 aliphatic heterocycles. The molecule has 2 N–H and O–H groups in total. The highest BCUT2D eigenvalue weighted by atomic mass is 16.1. The van der Waals surface area contributed by atoms with Crippen LogP contribution in [0.1, 0.15) is 25.0 Å². The molecule has 0 aliphatic carbocycles. The molecule has 106 valence electrons. The Labute approximate surface area is 120 Å². The third-order valence-corrected chi connectivity index (χ3v) is 2.64. The predicted molar refractivity (Wildman–Crippen MR) is 81.1 cm³/mol. The van der Waals surface area contributed by atoms with Crippen LogP contribution in [0.15, 0.2) is 30.0 Å². The molecule has 1 amide bonds. The highest BCUT2D eigenvalue weighted by molar-refractivity contribution is 5.97. The number of nitrogens with one attached hydrogen (secondary N) is 2. The summed E-state index contributed by atoms with van der Waals surface area (Å²) in [5.74, 6) is 0.00403. The fraction of sp³-hybridized carbons (Fsp3) is 0.375. The van der Waals surface area contributed by atoms with Crippen molar-refractivity contribution in [1.82, 2.24) is 5.32 Å². The van der Waals surface area contributed by atoms with Gasteiger partial charge < -0.3 is 10.6 Å². The molecule has 0 aromatic heterocycles. The summed E-state index contributed by atoms with van der Waals surface area (Å²) >= 11 is 0. The molecule has 0 bridgehead atoms. The van der Waals surface area contributed by atoms with E-state index in [2.05, 4.69) is 16.7 Å². The molecule has 4 heteroatoms. The number of nitriles is 1. The number of rotatable bonds is 5. The fourth-order valence-electron chi connectivity index (χ4n) is 1.75. The van der Waals surface area contributed by atoms with Crippen molar-refractivity contribution in [3.63, 3.8) is 0 Å². The second-order valence-corrected chi connectivity index (χ2v) is 5.29. The standard InChI is InChI=1S/C16H21N3O/c1-11(2)9-19-16(20)14(8-17)10-18-15-6-12(3)5-13(4)7-15/h5-7,10-11,18H,9H2,1-4H3,(H,19,20)/b14-10-. The van der Waals surface area contributed by atoms with Gasteiger partial charge in [-0.1, -0.05) is 19.9 Å². The normalized spacial score (nSPS) is 11.1. The summed E-state index contributed by atoms with van der Waals surface area (Å²) in [5, 5.41) is 14.8. The molecule has 1 aromatic carbocycles. The van der Waals surface area contributed by atoms with Gasteiger partial charge in [0, 0.05) is 18.4 Å². The van der Waals surface area contributed by atoms with Crippen LogP contribution in [0, 0.1) is 31.1 Å². The zero-order valence-corrected chi connectivity index (χ0v) is 12.4. The van der Waals surface area contributed by atoms with Gasteiger partial charge in [-0.25, -0.2) is 0 Å². The Bertz CT molecular complexity index is 533. The number of carbonyl (C=O) groups is 1. The van der Waals surface area contributed by atoms with E-state index in [-0.39, 0.29) is 11.5 Å². The van der Waals surface area contributed by atoms with Gasteiger partial charge in [0.05, 0.1) is 0 Å². The SMILES string of the molecule is Cc1cc(C)cc(N/C=C(/C#N)C(=O)NCC(C)C)c1. The van der Waals surface area contributed by atoms with Gasteiger partial charge in [0.25, 0.3) is 5.91 Å². The number of hydrogen-bond donors (Lipinski definition) is 2. The Morgan fingerprint density at radius 2 is 1.90 bits per heavy atom. The number of amides is 1. The van der Waals surface area contributed by atoms with Crippen molar-refractivity contribution in [3.05, 3.63) is 41.1 Å². The molecule has 0 saturated carbocycles. The van der Waals surface area contributed by atoms with E-state index in [9.17, 15) is 4.79 Å². The van der Waals surface area contributed by atoms with Crippen LogP contribution >= 0.6 is 0 Å². The number of nitrogens with zero attached hydrogens (tertiary/aromatic N) is 1. The summed E-state index contributed by atoms with van der Waals surface area (Å²) < 4.78 is 0. The van der Waals surface area contributed by atoms with Crippen LogP contribution in [-0.4, -0.2) is 12.5 Å². The zero-order chi connectivity index (χ0) is 15.1. The first-order valence-electron chi connectivity index (χ1n) is 6.65. The van der Waals surface area contributed by atoms with Gasteiger partial charge >= 0.3 is 0 Å². The van der Waals surface area contributed by atoms with Gasteiger partial charge in [0.1, 0.15) is 11.6 Å². The first-order valence-corrected chi connectivity index (χ1v) is 6.65. The number of hydrogen-bond acceptors (Lipinski definition) is 3. The number of benzene rings is 1. The third-order valence-electron chi connectivity index (χ3n) is 2.64. The number of aryl methyl sites for hydroxylation is 2. The van der Waals surface area contributed by atoms with E-state index < -0.39 is 0 Å². The van der Waals surface area contributed by atoms with Crippen molar-refractivity contribution < 1.29 is 4.79 Å². The monoisotopic (exact) mass is 271 g/mol. The van der Waals surface area contributed by atoms with Crippen LogP contribution in [0.25, 0.3) is 0 Å². The van der Waals surface area contributed by atoms with Gasteiger partial charge in [-0.05, 0) is 43.0 Å². The molecule has 20 heavy (non-hydrogen) atoms. The summed E-state index contributed by atoms with van der Waals surface area (Å²) in [6.45, 7) is 8.57. The number of carbonyl (C=O) groups excluding carboxylic acids is 1. The van der Waals surface area contributed by atoms with Crippen molar-refractivity contribution in [2.45, 2.75) is 27.7 Å². The van der Waals surface area contributed by atoms with E-state index in [1.165, 1.54) is 6.20 Å². The summed E-state index contributed by atoms with van der Waals surface area (Å²) in [4.78, 5) is 11.8. The highest BCUT2D eigenvalue weighted by Crippen LogP contribution is 2.14. The molecule has 0 aliphatic rings. The summed E-state index contributed by atoms with van der Waals surface area (Å²) in [6.07, 6.45) is 1.45. The second kappa shape index (κ2) is 7.34. The van der Waals surface area contributed by atoms with Gasteiger partial charge in [-0.3, -0.25) is 4.79 Å². The van der Waals surface area contributed by atoms with Gasteiger partial charge in [-0.15, -0.1) is 0 Å². The minimum atomic E-state index is -0.349. The highest BCUT2D eigenvalue weighted by Gasteiger charge is 2.08. The van der Waals surface area contributed by atoms with Gasteiger partial charge in [0.15, 0.2) is 0 Å². The van der Waals surface area contributed by atoms with E-state index in [1.807, 2.05) is 45.9 Å². The van der Waals surface area contributed by atoms with Crippen molar-refractivity contribution >= 4 is 11.6 Å². The van der Waals surface area contributed by atoms with E-state index in [4.69, 9.17) is 5.26 Å². The van der Waals surface area contributed by atoms with E-state index in [0.717, 1.165) is 16.8 Å². The minimum Gasteiger partial charge on any atom is -0.360 e. The maximum Gasteiger partial charge on any atom is 0.263 e. The molecule has 0 unspecified atom stereocenters. The van der Waals surface area contributed by atoms with Gasteiger partial charge in [0.2, 0.25) is 0 Å². The van der Waals surface area contributed by atoms with Crippen molar-refractivity contribution in [1.29, 1.82) is 5.26 Å². The lowest BCUT2D eigenvalue weighted by atomic mass is 10.1. The Hall–Kier alpha value is -2.28. The zero-order valence-electron chi connectivity index (χ0n) is 12.4. The second-order valence-electron chi connectivity index (χ2n) is 5.29. The average molecular weight is 271 g/mol. The Kier molecular flexibility index (Phi) is 5.79. The summed E-state index contributed by atoms with van der Waals surface area (Å²) in [7, 11) is 0. The molecule has 0 saturated heterocycles. The Balaban J connectivity index is 2.75. The van der Waals surface area contributed by atoms with Crippen LogP contribution in [0.4, 0.5) is 5.69 Å². The molecule has 0 radical (unpaired) electrons. The quantitative estimate of drug-likeness (QED) is 0.639. The lowest BCUT2D eigenvalue weighted by Gasteiger charge is -2.08. The predicted octanol–water partition coefficient (Wildman–Crippen LogP) is 2.90. The van der Waals surface area contributed by atoms with Crippen LogP contribution < -0.4 is 10.6 Å². The molecule has 0 spiro atoms. The largest absolute Gasteiger partial charge is 0.360 e. The van der Waals surface area contributed by atoms with Crippen LogP contribution in [0.3, 0.4) is 0 Å². The molecule has 4 nitrogen and oxygen atoms in total. The lowest BCUT2D eigenvalue weighted by molar-refractivity contribution is -0.117. The first kappa shape index (κ1) is 15.8. The molecule has 0 atom stereocenters. The van der Waals surface area contributed by atoms with E-state index >= 15 is 0 Å². The maximum atomic E-state index is 11.8. The molecule has 0 heterocycles. The lowest BCUT2D eigenvalue weighted by Crippen LogP contribution is -2.28. The van der Waals surface area contributed by atoms with E-state index in [0.29, 0.717) is 12.5 Å². The molecule has 1 aromatic rings. The molecular formula is C16H21N3O. The Morgan fingerprint density at radius 3 is 2.40 bits per heavy atom.